The minimum absolute atomic E-state index is 0.0809. The molecule has 6 nitrogen and oxygen atoms in total. The molecular formula is C17H19ClN2O4S2. The van der Waals surface area contributed by atoms with Crippen LogP contribution in [0, 0.1) is 0 Å². The quantitative estimate of drug-likeness (QED) is 0.784. The maximum atomic E-state index is 13.1. The van der Waals surface area contributed by atoms with Crippen molar-refractivity contribution < 1.29 is 17.9 Å². The number of ether oxygens (including phenoxy) is 1. The Balaban J connectivity index is 1.79. The van der Waals surface area contributed by atoms with Crippen molar-refractivity contribution >= 4 is 38.9 Å². The third-order valence-electron chi connectivity index (χ3n) is 4.50. The molecule has 1 aliphatic heterocycles. The number of hydrogen-bond acceptors (Lipinski definition) is 5. The van der Waals surface area contributed by atoms with Gasteiger partial charge in [-0.1, -0.05) is 23.7 Å². The van der Waals surface area contributed by atoms with Gasteiger partial charge in [0.15, 0.2) is 0 Å². The van der Waals surface area contributed by atoms with Gasteiger partial charge in [0.25, 0.3) is 0 Å². The van der Waals surface area contributed by atoms with Gasteiger partial charge in [-0.3, -0.25) is 4.79 Å². The fraction of sp³-hybridized carbons (Fsp3) is 0.353. The Morgan fingerprint density at radius 3 is 2.62 bits per heavy atom. The first-order valence-corrected chi connectivity index (χ1v) is 10.8. The molecule has 26 heavy (non-hydrogen) atoms. The molecule has 2 heterocycles. The standard InChI is InChI=1S/C17H19ClN2O4S2/c18-13-3-1-2-12(10-13)17(6-8-24-9-7-17)16(21)20-11-14-4-5-15(25-14)26(19,22)23/h1-5,10H,6-9,11H2,(H,20,21)(H2,19,22,23). The van der Waals surface area contributed by atoms with Gasteiger partial charge in [0.2, 0.25) is 15.9 Å². The first-order chi connectivity index (χ1) is 12.3. The van der Waals surface area contributed by atoms with Crippen molar-refractivity contribution in [2.24, 2.45) is 5.14 Å². The van der Waals surface area contributed by atoms with Crippen molar-refractivity contribution in [3.63, 3.8) is 0 Å². The smallest absolute Gasteiger partial charge is 0.247 e. The molecule has 0 saturated carbocycles. The zero-order valence-electron chi connectivity index (χ0n) is 13.9. The lowest BCUT2D eigenvalue weighted by atomic mass is 9.73. The second-order valence-electron chi connectivity index (χ2n) is 6.15. The van der Waals surface area contributed by atoms with Crippen LogP contribution in [-0.2, 0) is 31.5 Å². The summed E-state index contributed by atoms with van der Waals surface area (Å²) in [6.45, 7) is 1.23. The number of nitrogens with one attached hydrogen (secondary N) is 1. The average Bonchev–Trinajstić information content (AvgIpc) is 3.09. The highest BCUT2D eigenvalue weighted by Crippen LogP contribution is 2.36. The maximum Gasteiger partial charge on any atom is 0.247 e. The zero-order valence-corrected chi connectivity index (χ0v) is 16.3. The Kier molecular flexibility index (Phi) is 5.69. The lowest BCUT2D eigenvalue weighted by Gasteiger charge is -2.36. The van der Waals surface area contributed by atoms with E-state index in [4.69, 9.17) is 21.5 Å². The minimum atomic E-state index is -3.73. The summed E-state index contributed by atoms with van der Waals surface area (Å²) in [5.74, 6) is -0.117. The Hall–Kier alpha value is -1.45. The van der Waals surface area contributed by atoms with Gasteiger partial charge in [-0.25, -0.2) is 13.6 Å². The molecule has 0 bridgehead atoms. The molecule has 3 N–H and O–H groups in total. The number of nitrogens with two attached hydrogens (primary N) is 1. The molecule has 9 heteroatoms. The highest BCUT2D eigenvalue weighted by Gasteiger charge is 2.41. The summed E-state index contributed by atoms with van der Waals surface area (Å²) < 4.78 is 28.3. The number of hydrogen-bond donors (Lipinski definition) is 2. The molecule has 1 amide bonds. The van der Waals surface area contributed by atoms with E-state index in [9.17, 15) is 13.2 Å². The Bertz CT molecular complexity index is 905. The third-order valence-corrected chi connectivity index (χ3v) is 7.26. The predicted octanol–water partition coefficient (Wildman–Crippen LogP) is 2.41. The predicted molar refractivity (Wildman–Crippen MR) is 101 cm³/mol. The summed E-state index contributed by atoms with van der Waals surface area (Å²) in [7, 11) is -3.73. The van der Waals surface area contributed by atoms with Gasteiger partial charge in [0.05, 0.1) is 12.0 Å². The fourth-order valence-corrected chi connectivity index (χ4v) is 5.00. The van der Waals surface area contributed by atoms with Crippen LogP contribution in [0.5, 0.6) is 0 Å². The van der Waals surface area contributed by atoms with Crippen LogP contribution in [0.2, 0.25) is 5.02 Å². The summed E-state index contributed by atoms with van der Waals surface area (Å²) in [4.78, 5) is 13.8. The number of halogens is 1. The van der Waals surface area contributed by atoms with Gasteiger partial charge in [-0.05, 0) is 42.7 Å². The minimum Gasteiger partial charge on any atom is -0.381 e. The number of carbonyl (C=O) groups is 1. The summed E-state index contributed by atoms with van der Waals surface area (Å²) >= 11 is 7.17. The highest BCUT2D eigenvalue weighted by molar-refractivity contribution is 7.91. The summed E-state index contributed by atoms with van der Waals surface area (Å²) in [5.41, 5.74) is 0.158. The number of sulfonamides is 1. The van der Waals surface area contributed by atoms with Gasteiger partial charge in [-0.2, -0.15) is 0 Å². The summed E-state index contributed by atoms with van der Waals surface area (Å²) in [5, 5.41) is 8.63. The summed E-state index contributed by atoms with van der Waals surface area (Å²) in [6.07, 6.45) is 1.12. The molecule has 0 unspecified atom stereocenters. The second kappa shape index (κ2) is 7.66. The molecule has 1 fully saturated rings. The largest absolute Gasteiger partial charge is 0.381 e. The van der Waals surface area contributed by atoms with E-state index in [0.29, 0.717) is 31.1 Å². The van der Waals surface area contributed by atoms with Crippen LogP contribution in [0.1, 0.15) is 23.3 Å². The molecular weight excluding hydrogens is 396 g/mol. The number of thiophene rings is 1. The molecule has 0 spiro atoms. The monoisotopic (exact) mass is 414 g/mol. The lowest BCUT2D eigenvalue weighted by Crippen LogP contribution is -2.47. The molecule has 2 aromatic rings. The number of amides is 1. The normalized spacial score (nSPS) is 17.0. The SMILES string of the molecule is NS(=O)(=O)c1ccc(CNC(=O)C2(c3cccc(Cl)c3)CCOCC2)s1. The van der Waals surface area contributed by atoms with E-state index in [1.807, 2.05) is 18.2 Å². The molecule has 1 aromatic heterocycles. The van der Waals surface area contributed by atoms with Crippen molar-refractivity contribution in [1.29, 1.82) is 0 Å². The molecule has 0 atom stereocenters. The van der Waals surface area contributed by atoms with Gasteiger partial charge < -0.3 is 10.1 Å². The van der Waals surface area contributed by atoms with Crippen LogP contribution in [-0.4, -0.2) is 27.5 Å². The highest BCUT2D eigenvalue weighted by atomic mass is 35.5. The topological polar surface area (TPSA) is 98.5 Å². The van der Waals surface area contributed by atoms with E-state index < -0.39 is 15.4 Å². The summed E-state index contributed by atoms with van der Waals surface area (Å²) in [6, 6.07) is 10.4. The Morgan fingerprint density at radius 1 is 1.27 bits per heavy atom. The van der Waals surface area contributed by atoms with Gasteiger partial charge in [0, 0.05) is 23.1 Å². The number of benzene rings is 1. The Morgan fingerprint density at radius 2 is 2.00 bits per heavy atom. The first kappa shape index (κ1) is 19.3. The maximum absolute atomic E-state index is 13.1. The van der Waals surface area contributed by atoms with Crippen LogP contribution in [0.25, 0.3) is 0 Å². The van der Waals surface area contributed by atoms with Crippen LogP contribution >= 0.6 is 22.9 Å². The number of carbonyl (C=O) groups excluding carboxylic acids is 1. The fourth-order valence-electron chi connectivity index (χ4n) is 3.10. The van der Waals surface area contributed by atoms with E-state index in [1.54, 1.807) is 12.1 Å². The van der Waals surface area contributed by atoms with E-state index in [1.165, 1.54) is 6.07 Å². The van der Waals surface area contributed by atoms with Crippen LogP contribution in [0.4, 0.5) is 0 Å². The molecule has 0 radical (unpaired) electrons. The van der Waals surface area contributed by atoms with Crippen LogP contribution in [0.15, 0.2) is 40.6 Å². The molecule has 1 aromatic carbocycles. The van der Waals surface area contributed by atoms with Crippen molar-refractivity contribution in [1.82, 2.24) is 5.32 Å². The molecule has 1 aliphatic rings. The van der Waals surface area contributed by atoms with Crippen molar-refractivity contribution in [3.05, 3.63) is 51.9 Å². The van der Waals surface area contributed by atoms with Gasteiger partial charge in [-0.15, -0.1) is 11.3 Å². The molecule has 140 valence electrons. The van der Waals surface area contributed by atoms with E-state index >= 15 is 0 Å². The van der Waals surface area contributed by atoms with E-state index in [-0.39, 0.29) is 16.7 Å². The second-order valence-corrected chi connectivity index (χ2v) is 9.55. The van der Waals surface area contributed by atoms with Crippen molar-refractivity contribution in [2.45, 2.75) is 29.0 Å². The molecule has 3 rings (SSSR count). The Labute approximate surface area is 161 Å². The number of primary sulfonamides is 1. The van der Waals surface area contributed by atoms with E-state index in [0.717, 1.165) is 21.8 Å². The van der Waals surface area contributed by atoms with Gasteiger partial charge >= 0.3 is 0 Å². The molecule has 1 saturated heterocycles. The number of rotatable bonds is 5. The van der Waals surface area contributed by atoms with Crippen molar-refractivity contribution in [2.75, 3.05) is 13.2 Å². The van der Waals surface area contributed by atoms with Crippen molar-refractivity contribution in [3.8, 4) is 0 Å². The van der Waals surface area contributed by atoms with E-state index in [2.05, 4.69) is 5.32 Å². The zero-order chi connectivity index (χ0) is 18.8. The average molecular weight is 415 g/mol. The van der Waals surface area contributed by atoms with Crippen LogP contribution in [0.3, 0.4) is 0 Å². The third kappa shape index (κ3) is 4.10. The molecule has 0 aliphatic carbocycles. The first-order valence-electron chi connectivity index (χ1n) is 8.05. The van der Waals surface area contributed by atoms with Crippen LogP contribution < -0.4 is 10.5 Å². The lowest BCUT2D eigenvalue weighted by molar-refractivity contribution is -0.130. The van der Waals surface area contributed by atoms with Gasteiger partial charge in [0.1, 0.15) is 4.21 Å².